The number of benzene rings is 1. The van der Waals surface area contributed by atoms with Crippen molar-refractivity contribution in [2.24, 2.45) is 5.92 Å². The van der Waals surface area contributed by atoms with Crippen molar-refractivity contribution in [3.63, 3.8) is 0 Å². The molecule has 1 aromatic rings. The normalized spacial score (nSPS) is 25.4. The predicted octanol–water partition coefficient (Wildman–Crippen LogP) is 0.711. The molecule has 0 spiro atoms. The lowest BCUT2D eigenvalue weighted by Crippen LogP contribution is -2.45. The smallest absolute Gasteiger partial charge is 0.119 e. The van der Waals surface area contributed by atoms with Crippen LogP contribution in [0.2, 0.25) is 0 Å². The minimum Gasteiger partial charge on any atom is -0.491 e. The lowest BCUT2D eigenvalue weighted by molar-refractivity contribution is 0.00584. The van der Waals surface area contributed by atoms with Gasteiger partial charge in [-0.1, -0.05) is 6.92 Å². The lowest BCUT2D eigenvalue weighted by atomic mass is 9.96. The third kappa shape index (κ3) is 4.37. The molecule has 2 rings (SSSR count). The first-order valence-corrected chi connectivity index (χ1v) is 7.11. The molecule has 20 heavy (non-hydrogen) atoms. The van der Waals surface area contributed by atoms with Gasteiger partial charge in [0.2, 0.25) is 0 Å². The van der Waals surface area contributed by atoms with Crippen LogP contribution in [0.15, 0.2) is 24.3 Å². The van der Waals surface area contributed by atoms with Gasteiger partial charge in [-0.25, -0.2) is 0 Å². The summed E-state index contributed by atoms with van der Waals surface area (Å²) in [6.07, 6.45) is 0.0246. The molecule has 5 heteroatoms. The van der Waals surface area contributed by atoms with E-state index in [-0.39, 0.29) is 18.6 Å². The van der Waals surface area contributed by atoms with Crippen molar-refractivity contribution in [1.29, 1.82) is 0 Å². The summed E-state index contributed by atoms with van der Waals surface area (Å²) in [7, 11) is 0. The third-order valence-electron chi connectivity index (χ3n) is 3.74. The number of nitrogen functional groups attached to an aromatic ring is 1. The van der Waals surface area contributed by atoms with Crippen molar-refractivity contribution in [2.45, 2.75) is 25.6 Å². The summed E-state index contributed by atoms with van der Waals surface area (Å²) in [4.78, 5) is 2.17. The zero-order chi connectivity index (χ0) is 14.5. The van der Waals surface area contributed by atoms with Crippen molar-refractivity contribution in [3.05, 3.63) is 24.3 Å². The number of piperidine rings is 1. The summed E-state index contributed by atoms with van der Waals surface area (Å²) in [5.41, 5.74) is 6.29. The molecule has 4 N–H and O–H groups in total. The fourth-order valence-electron chi connectivity index (χ4n) is 2.49. The van der Waals surface area contributed by atoms with E-state index in [1.165, 1.54) is 0 Å². The first-order valence-electron chi connectivity index (χ1n) is 7.11. The Morgan fingerprint density at radius 1 is 1.40 bits per heavy atom. The van der Waals surface area contributed by atoms with Crippen LogP contribution in [0.25, 0.3) is 0 Å². The highest BCUT2D eigenvalue weighted by atomic mass is 16.5. The number of aliphatic hydroxyl groups is 2. The van der Waals surface area contributed by atoms with Crippen molar-refractivity contribution >= 4 is 5.69 Å². The van der Waals surface area contributed by atoms with E-state index in [1.807, 2.05) is 6.92 Å². The second-order valence-corrected chi connectivity index (χ2v) is 5.63. The van der Waals surface area contributed by atoms with Gasteiger partial charge in [-0.3, -0.25) is 0 Å². The number of β-amino-alcohol motifs (C(OH)–C–C–N with tert-alkyl or cyclic N) is 1. The van der Waals surface area contributed by atoms with Crippen LogP contribution in [0.3, 0.4) is 0 Å². The van der Waals surface area contributed by atoms with Gasteiger partial charge >= 0.3 is 0 Å². The standard InChI is InChI=1S/C15H24N2O3/c1-11-8-17(7-6-15(11)19)9-13(18)10-20-14-4-2-12(16)3-5-14/h2-5,11,13,15,18-19H,6-10,16H2,1H3. The highest BCUT2D eigenvalue weighted by Crippen LogP contribution is 2.17. The molecule has 1 heterocycles. The maximum atomic E-state index is 10.0. The summed E-state index contributed by atoms with van der Waals surface area (Å²) >= 11 is 0. The van der Waals surface area contributed by atoms with Gasteiger partial charge in [0.15, 0.2) is 0 Å². The molecule has 112 valence electrons. The van der Waals surface area contributed by atoms with E-state index in [4.69, 9.17) is 10.5 Å². The Labute approximate surface area is 120 Å². The minimum atomic E-state index is -0.532. The quantitative estimate of drug-likeness (QED) is 0.692. The molecule has 5 nitrogen and oxygen atoms in total. The Hall–Kier alpha value is -1.30. The van der Waals surface area contributed by atoms with Crippen molar-refractivity contribution < 1.29 is 14.9 Å². The van der Waals surface area contributed by atoms with E-state index < -0.39 is 6.10 Å². The maximum Gasteiger partial charge on any atom is 0.119 e. The van der Waals surface area contributed by atoms with Gasteiger partial charge in [-0.2, -0.15) is 0 Å². The summed E-state index contributed by atoms with van der Waals surface area (Å²) in [5, 5.41) is 19.7. The van der Waals surface area contributed by atoms with Crippen LogP contribution in [-0.4, -0.2) is 53.6 Å². The molecule has 1 aliphatic rings. The Kier molecular flexibility index (Phi) is 5.23. The highest BCUT2D eigenvalue weighted by molar-refractivity contribution is 5.41. The van der Waals surface area contributed by atoms with E-state index in [0.717, 1.165) is 19.5 Å². The van der Waals surface area contributed by atoms with Gasteiger partial charge in [0.25, 0.3) is 0 Å². The number of rotatable bonds is 5. The van der Waals surface area contributed by atoms with Gasteiger partial charge in [0.1, 0.15) is 18.5 Å². The molecule has 0 aromatic heterocycles. The topological polar surface area (TPSA) is 79.0 Å². The average molecular weight is 280 g/mol. The highest BCUT2D eigenvalue weighted by Gasteiger charge is 2.25. The van der Waals surface area contributed by atoms with Crippen LogP contribution in [0, 0.1) is 5.92 Å². The van der Waals surface area contributed by atoms with Crippen molar-refractivity contribution in [2.75, 3.05) is 32.0 Å². The van der Waals surface area contributed by atoms with Crippen molar-refractivity contribution in [1.82, 2.24) is 4.90 Å². The monoisotopic (exact) mass is 280 g/mol. The maximum absolute atomic E-state index is 10.0. The van der Waals surface area contributed by atoms with Gasteiger partial charge in [-0.05, 0) is 36.6 Å². The Bertz CT molecular complexity index is 410. The van der Waals surface area contributed by atoms with Crippen LogP contribution in [0.1, 0.15) is 13.3 Å². The zero-order valence-corrected chi connectivity index (χ0v) is 11.9. The number of nitrogens with zero attached hydrogens (tertiary/aromatic N) is 1. The first kappa shape index (κ1) is 15.1. The number of likely N-dealkylation sites (tertiary alicyclic amines) is 1. The summed E-state index contributed by atoms with van der Waals surface area (Å²) in [6, 6.07) is 7.13. The van der Waals surface area contributed by atoms with Gasteiger partial charge < -0.3 is 25.6 Å². The molecule has 0 aliphatic carbocycles. The number of ether oxygens (including phenoxy) is 1. The summed E-state index contributed by atoms with van der Waals surface area (Å²) < 4.78 is 5.53. The van der Waals surface area contributed by atoms with E-state index in [2.05, 4.69) is 4.90 Å². The average Bonchev–Trinajstić information content (AvgIpc) is 2.42. The van der Waals surface area contributed by atoms with Gasteiger partial charge in [-0.15, -0.1) is 0 Å². The Morgan fingerprint density at radius 2 is 2.10 bits per heavy atom. The van der Waals surface area contributed by atoms with Crippen molar-refractivity contribution in [3.8, 4) is 5.75 Å². The molecular formula is C15H24N2O3. The van der Waals surface area contributed by atoms with E-state index in [9.17, 15) is 10.2 Å². The number of nitrogens with two attached hydrogens (primary N) is 1. The molecule has 0 bridgehead atoms. The molecule has 0 amide bonds. The Morgan fingerprint density at radius 3 is 2.75 bits per heavy atom. The number of hydrogen-bond donors (Lipinski definition) is 3. The summed E-state index contributed by atoms with van der Waals surface area (Å²) in [5.74, 6) is 0.967. The molecule has 0 radical (unpaired) electrons. The molecule has 3 atom stereocenters. The molecule has 1 aromatic carbocycles. The SMILES string of the molecule is CC1CN(CC(O)COc2ccc(N)cc2)CCC1O. The van der Waals surface area contributed by atoms with Gasteiger partial charge in [0.05, 0.1) is 6.10 Å². The van der Waals surface area contributed by atoms with E-state index in [1.54, 1.807) is 24.3 Å². The molecule has 0 saturated carbocycles. The fraction of sp³-hybridized carbons (Fsp3) is 0.600. The van der Waals surface area contributed by atoms with E-state index >= 15 is 0 Å². The number of hydrogen-bond acceptors (Lipinski definition) is 5. The van der Waals surface area contributed by atoms with Crippen LogP contribution < -0.4 is 10.5 Å². The molecular weight excluding hydrogens is 256 g/mol. The van der Waals surface area contributed by atoms with E-state index in [0.29, 0.717) is 18.0 Å². The zero-order valence-electron chi connectivity index (χ0n) is 11.9. The molecule has 1 aliphatic heterocycles. The molecule has 1 fully saturated rings. The Balaban J connectivity index is 1.72. The second kappa shape index (κ2) is 6.92. The molecule has 1 saturated heterocycles. The van der Waals surface area contributed by atoms with Crippen LogP contribution in [0.4, 0.5) is 5.69 Å². The summed E-state index contributed by atoms with van der Waals surface area (Å²) in [6.45, 7) is 4.52. The van der Waals surface area contributed by atoms with Gasteiger partial charge in [0, 0.05) is 25.3 Å². The predicted molar refractivity (Wildman–Crippen MR) is 78.6 cm³/mol. The first-order chi connectivity index (χ1) is 9.54. The fourth-order valence-corrected chi connectivity index (χ4v) is 2.49. The largest absolute Gasteiger partial charge is 0.491 e. The van der Waals surface area contributed by atoms with Crippen LogP contribution in [-0.2, 0) is 0 Å². The minimum absolute atomic E-state index is 0.213. The van der Waals surface area contributed by atoms with Crippen LogP contribution in [0.5, 0.6) is 5.75 Å². The number of anilines is 1. The lowest BCUT2D eigenvalue weighted by Gasteiger charge is -2.35. The number of aliphatic hydroxyl groups excluding tert-OH is 2. The third-order valence-corrected chi connectivity index (χ3v) is 3.74. The second-order valence-electron chi connectivity index (χ2n) is 5.63. The molecule has 3 unspecified atom stereocenters. The van der Waals surface area contributed by atoms with Crippen LogP contribution >= 0.6 is 0 Å².